The van der Waals surface area contributed by atoms with Crippen LogP contribution in [0, 0.1) is 5.92 Å². The lowest BCUT2D eigenvalue weighted by molar-refractivity contribution is -0.693. The van der Waals surface area contributed by atoms with E-state index in [0.717, 1.165) is 31.7 Å². The molecule has 25 heavy (non-hydrogen) atoms. The van der Waals surface area contributed by atoms with E-state index in [-0.39, 0.29) is 23.3 Å². The van der Waals surface area contributed by atoms with Crippen molar-refractivity contribution in [1.82, 2.24) is 0 Å². The Morgan fingerprint density at radius 1 is 1.04 bits per heavy atom. The molecule has 1 saturated heterocycles. The van der Waals surface area contributed by atoms with Crippen molar-refractivity contribution in [3.05, 3.63) is 42.7 Å². The molecule has 0 unspecified atom stereocenters. The number of rotatable bonds is 11. The molecule has 1 fully saturated rings. The van der Waals surface area contributed by atoms with Crippen LogP contribution in [-0.4, -0.2) is 13.2 Å². The summed E-state index contributed by atoms with van der Waals surface area (Å²) >= 11 is 0. The fraction of sp³-hybridized carbons (Fsp3) is 0.667. The number of nitrogens with zero attached hydrogens (tertiary/aromatic N) is 1. The molecule has 0 aromatic carbocycles. The Morgan fingerprint density at radius 2 is 1.64 bits per heavy atom. The smallest absolute Gasteiger partial charge is 0.184 e. The lowest BCUT2D eigenvalue weighted by Gasteiger charge is -2.29. The minimum atomic E-state index is -0.183. The van der Waals surface area contributed by atoms with Crippen molar-refractivity contribution in [1.29, 1.82) is 0 Å². The van der Waals surface area contributed by atoms with E-state index in [2.05, 4.69) is 42.6 Å². The number of hydrogen-bond acceptors (Lipinski definition) is 2. The highest BCUT2D eigenvalue weighted by molar-refractivity contribution is 5.09. The molecule has 0 N–H and O–H groups in total. The number of halogens is 1. The van der Waals surface area contributed by atoms with Crippen molar-refractivity contribution >= 4 is 0 Å². The lowest BCUT2D eigenvalue weighted by atomic mass is 10.0. The van der Waals surface area contributed by atoms with Crippen molar-refractivity contribution < 1.29 is 31.0 Å². The summed E-state index contributed by atoms with van der Waals surface area (Å²) in [6.07, 6.45) is 16.4. The van der Waals surface area contributed by atoms with Crippen LogP contribution in [0.15, 0.2) is 37.2 Å². The molecule has 1 aliphatic rings. The highest BCUT2D eigenvalue weighted by atomic mass is 79.9. The average molecular weight is 412 g/mol. The first-order chi connectivity index (χ1) is 11.8. The number of aryl methyl sites for hydroxylation is 1. The topological polar surface area (TPSA) is 22.3 Å². The molecule has 0 aliphatic carbocycles. The van der Waals surface area contributed by atoms with Crippen LogP contribution in [-0.2, 0) is 16.0 Å². The van der Waals surface area contributed by atoms with Crippen molar-refractivity contribution in [2.24, 2.45) is 5.92 Å². The standard InChI is InChI=1S/C21H34NO2.BrH/c1-3-5-6-7-8-9-10-11-12-19-17-23-21(24-18-19)20-13-15-22(4-2)16-14-20;/h3,13-16,19,21H,1,4-12,17-18H2,2H3;1H/q+1;/p-1. The summed E-state index contributed by atoms with van der Waals surface area (Å²) in [5.74, 6) is 0.561. The maximum absolute atomic E-state index is 5.93. The third-order valence-electron chi connectivity index (χ3n) is 4.79. The number of hydrogen-bond donors (Lipinski definition) is 0. The van der Waals surface area contributed by atoms with Crippen LogP contribution in [0.3, 0.4) is 0 Å². The Hall–Kier alpha value is -0.710. The number of pyridine rings is 1. The predicted molar refractivity (Wildman–Crippen MR) is 97.6 cm³/mol. The van der Waals surface area contributed by atoms with Gasteiger partial charge in [0.05, 0.1) is 13.2 Å². The summed E-state index contributed by atoms with van der Waals surface area (Å²) in [4.78, 5) is 0. The van der Waals surface area contributed by atoms with Crippen LogP contribution in [0.1, 0.15) is 70.1 Å². The molecule has 0 saturated carbocycles. The molecule has 142 valence electrons. The number of ether oxygens (including phenoxy) is 2. The Bertz CT molecular complexity index is 455. The van der Waals surface area contributed by atoms with Crippen LogP contribution in [0.4, 0.5) is 0 Å². The van der Waals surface area contributed by atoms with E-state index < -0.39 is 0 Å². The van der Waals surface area contributed by atoms with Crippen molar-refractivity contribution in [3.8, 4) is 0 Å². The maximum Gasteiger partial charge on any atom is 0.184 e. The summed E-state index contributed by atoms with van der Waals surface area (Å²) in [5.41, 5.74) is 1.12. The Kier molecular flexibility index (Phi) is 12.0. The Labute approximate surface area is 164 Å². The third kappa shape index (κ3) is 8.48. The van der Waals surface area contributed by atoms with Crippen LogP contribution in [0.5, 0.6) is 0 Å². The largest absolute Gasteiger partial charge is 1.00 e. The molecule has 4 heteroatoms. The predicted octanol–water partition coefficient (Wildman–Crippen LogP) is 1.97. The summed E-state index contributed by atoms with van der Waals surface area (Å²) in [5, 5.41) is 0. The first kappa shape index (κ1) is 22.3. The SMILES string of the molecule is C=CCCCCCCCCC1COC(c2cc[n+](CC)cc2)OC1.[Br-]. The first-order valence-corrected chi connectivity index (χ1v) is 9.66. The maximum atomic E-state index is 5.93. The zero-order valence-electron chi connectivity index (χ0n) is 15.7. The molecule has 1 aromatic heterocycles. The van der Waals surface area contributed by atoms with Gasteiger partial charge in [0, 0.05) is 23.6 Å². The molecule has 2 heterocycles. The number of allylic oxidation sites excluding steroid dienone is 1. The highest BCUT2D eigenvalue weighted by Crippen LogP contribution is 2.26. The monoisotopic (exact) mass is 411 g/mol. The molecule has 3 nitrogen and oxygen atoms in total. The second kappa shape index (κ2) is 13.5. The van der Waals surface area contributed by atoms with Gasteiger partial charge in [0.25, 0.3) is 0 Å². The summed E-state index contributed by atoms with van der Waals surface area (Å²) in [6.45, 7) is 8.55. The molecule has 0 bridgehead atoms. The minimum absolute atomic E-state index is 0. The van der Waals surface area contributed by atoms with Gasteiger partial charge < -0.3 is 26.5 Å². The van der Waals surface area contributed by atoms with Gasteiger partial charge in [0.1, 0.15) is 6.54 Å². The van der Waals surface area contributed by atoms with E-state index in [1.807, 2.05) is 6.08 Å². The van der Waals surface area contributed by atoms with Crippen molar-refractivity contribution in [3.63, 3.8) is 0 Å². The zero-order chi connectivity index (χ0) is 17.0. The molecule has 0 radical (unpaired) electrons. The van der Waals surface area contributed by atoms with Gasteiger partial charge in [-0.2, -0.15) is 0 Å². The number of unbranched alkanes of at least 4 members (excludes halogenated alkanes) is 6. The number of aromatic nitrogens is 1. The van der Waals surface area contributed by atoms with Crippen molar-refractivity contribution in [2.45, 2.75) is 71.1 Å². The summed E-state index contributed by atoms with van der Waals surface area (Å²) < 4.78 is 14.0. The fourth-order valence-electron chi connectivity index (χ4n) is 3.17. The second-order valence-electron chi connectivity index (χ2n) is 6.81. The third-order valence-corrected chi connectivity index (χ3v) is 4.79. The van der Waals surface area contributed by atoms with Gasteiger partial charge in [0.2, 0.25) is 0 Å². The summed E-state index contributed by atoms with van der Waals surface area (Å²) in [7, 11) is 0. The van der Waals surface area contributed by atoms with Crippen LogP contribution in [0.2, 0.25) is 0 Å². The average Bonchev–Trinajstić information content (AvgIpc) is 2.64. The molecule has 0 amide bonds. The van der Waals surface area contributed by atoms with Gasteiger partial charge in [-0.1, -0.05) is 38.2 Å². The molecular weight excluding hydrogens is 378 g/mol. The van der Waals surface area contributed by atoms with Crippen LogP contribution >= 0.6 is 0 Å². The van der Waals surface area contributed by atoms with Gasteiger partial charge in [-0.05, 0) is 26.2 Å². The van der Waals surface area contributed by atoms with Gasteiger partial charge in [0.15, 0.2) is 18.7 Å². The Balaban J connectivity index is 0.00000312. The normalized spacial score (nSPS) is 20.0. The van der Waals surface area contributed by atoms with E-state index in [9.17, 15) is 0 Å². The first-order valence-electron chi connectivity index (χ1n) is 9.66. The lowest BCUT2D eigenvalue weighted by Crippen LogP contribution is -3.00. The quantitative estimate of drug-likeness (QED) is 0.315. The van der Waals surface area contributed by atoms with E-state index in [1.165, 1.54) is 44.9 Å². The molecule has 0 spiro atoms. The van der Waals surface area contributed by atoms with Crippen molar-refractivity contribution in [2.75, 3.05) is 13.2 Å². The molecule has 1 aromatic rings. The summed E-state index contributed by atoms with van der Waals surface area (Å²) in [6, 6.07) is 4.20. The highest BCUT2D eigenvalue weighted by Gasteiger charge is 2.23. The van der Waals surface area contributed by atoms with Gasteiger partial charge in [-0.15, -0.1) is 6.58 Å². The molecule has 1 aliphatic heterocycles. The van der Waals surface area contributed by atoms with Gasteiger partial charge in [-0.25, -0.2) is 4.57 Å². The van der Waals surface area contributed by atoms with Gasteiger partial charge >= 0.3 is 0 Å². The van der Waals surface area contributed by atoms with E-state index >= 15 is 0 Å². The van der Waals surface area contributed by atoms with E-state index in [1.54, 1.807) is 0 Å². The second-order valence-corrected chi connectivity index (χ2v) is 6.81. The van der Waals surface area contributed by atoms with E-state index in [0.29, 0.717) is 5.92 Å². The molecule has 2 rings (SSSR count). The van der Waals surface area contributed by atoms with Crippen LogP contribution < -0.4 is 21.5 Å². The Morgan fingerprint density at radius 3 is 2.24 bits per heavy atom. The molecular formula is C21H34BrNO2. The zero-order valence-corrected chi connectivity index (χ0v) is 17.3. The van der Waals surface area contributed by atoms with E-state index in [4.69, 9.17) is 9.47 Å². The fourth-order valence-corrected chi connectivity index (χ4v) is 3.17. The van der Waals surface area contributed by atoms with Gasteiger partial charge in [-0.3, -0.25) is 0 Å². The van der Waals surface area contributed by atoms with Crippen LogP contribution in [0.25, 0.3) is 0 Å². The molecule has 0 atom stereocenters. The minimum Gasteiger partial charge on any atom is -1.00 e.